The molecular weight excluding hydrogens is 176 g/mol. The van der Waals surface area contributed by atoms with Crippen molar-refractivity contribution in [3.8, 4) is 0 Å². The van der Waals surface area contributed by atoms with E-state index in [4.69, 9.17) is 5.84 Å². The van der Waals surface area contributed by atoms with Crippen molar-refractivity contribution in [1.82, 2.24) is 9.97 Å². The average molecular weight is 192 g/mol. The van der Waals surface area contributed by atoms with E-state index in [1.165, 1.54) is 25.7 Å². The van der Waals surface area contributed by atoms with Crippen LogP contribution < -0.4 is 11.3 Å². The van der Waals surface area contributed by atoms with Crippen LogP contribution in [0.3, 0.4) is 0 Å². The van der Waals surface area contributed by atoms with Crippen LogP contribution in [0.25, 0.3) is 0 Å². The van der Waals surface area contributed by atoms with Crippen LogP contribution in [-0.2, 0) is 0 Å². The SMILES string of the molecule is Cc1cc(NN)nc(C2CCCC2)n1. The van der Waals surface area contributed by atoms with Crippen LogP contribution in [-0.4, -0.2) is 9.97 Å². The van der Waals surface area contributed by atoms with Gasteiger partial charge in [-0.05, 0) is 19.8 Å². The molecule has 4 heteroatoms. The summed E-state index contributed by atoms with van der Waals surface area (Å²) in [5, 5.41) is 0. The fraction of sp³-hybridized carbons (Fsp3) is 0.600. The van der Waals surface area contributed by atoms with Crippen LogP contribution >= 0.6 is 0 Å². The third-order valence-electron chi connectivity index (χ3n) is 2.74. The Bertz CT molecular complexity index is 318. The molecule has 76 valence electrons. The minimum absolute atomic E-state index is 0.544. The molecule has 3 N–H and O–H groups in total. The molecule has 1 heterocycles. The molecule has 1 saturated carbocycles. The Morgan fingerprint density at radius 1 is 1.36 bits per heavy atom. The van der Waals surface area contributed by atoms with Gasteiger partial charge in [-0.3, -0.25) is 0 Å². The van der Waals surface area contributed by atoms with Crippen molar-refractivity contribution in [2.24, 2.45) is 5.84 Å². The first-order valence-electron chi connectivity index (χ1n) is 5.12. The van der Waals surface area contributed by atoms with Gasteiger partial charge in [0.2, 0.25) is 0 Å². The highest BCUT2D eigenvalue weighted by Gasteiger charge is 2.20. The summed E-state index contributed by atoms with van der Waals surface area (Å²) >= 11 is 0. The molecule has 0 aromatic carbocycles. The van der Waals surface area contributed by atoms with Gasteiger partial charge in [0.05, 0.1) is 0 Å². The maximum atomic E-state index is 5.35. The predicted octanol–water partition coefficient (Wildman–Crippen LogP) is 1.73. The first-order chi connectivity index (χ1) is 6.79. The molecule has 0 radical (unpaired) electrons. The van der Waals surface area contributed by atoms with Gasteiger partial charge in [0.15, 0.2) is 0 Å². The van der Waals surface area contributed by atoms with Gasteiger partial charge in [0.25, 0.3) is 0 Å². The third kappa shape index (κ3) is 1.85. The zero-order chi connectivity index (χ0) is 9.97. The fourth-order valence-corrected chi connectivity index (χ4v) is 2.03. The van der Waals surface area contributed by atoms with Crippen molar-refractivity contribution in [3.05, 3.63) is 17.6 Å². The van der Waals surface area contributed by atoms with E-state index >= 15 is 0 Å². The summed E-state index contributed by atoms with van der Waals surface area (Å²) in [5.74, 6) is 7.57. The molecule has 14 heavy (non-hydrogen) atoms. The Kier molecular flexibility index (Phi) is 2.63. The first kappa shape index (κ1) is 9.40. The number of aromatic nitrogens is 2. The molecular formula is C10H16N4. The van der Waals surface area contributed by atoms with Crippen LogP contribution in [0.4, 0.5) is 5.82 Å². The van der Waals surface area contributed by atoms with E-state index in [2.05, 4.69) is 15.4 Å². The lowest BCUT2D eigenvalue weighted by molar-refractivity contribution is 0.665. The second-order valence-electron chi connectivity index (χ2n) is 3.88. The quantitative estimate of drug-likeness (QED) is 0.553. The van der Waals surface area contributed by atoms with Gasteiger partial charge in [-0.15, -0.1) is 0 Å². The number of anilines is 1. The van der Waals surface area contributed by atoms with Crippen molar-refractivity contribution in [2.75, 3.05) is 5.43 Å². The molecule has 0 spiro atoms. The minimum Gasteiger partial charge on any atom is -0.308 e. The molecule has 0 unspecified atom stereocenters. The van der Waals surface area contributed by atoms with E-state index in [0.717, 1.165) is 17.3 Å². The number of nitrogens with two attached hydrogens (primary N) is 1. The molecule has 0 bridgehead atoms. The summed E-state index contributed by atoms with van der Waals surface area (Å²) in [6.45, 7) is 1.97. The topological polar surface area (TPSA) is 63.8 Å². The maximum Gasteiger partial charge on any atom is 0.143 e. The number of hydrogen-bond donors (Lipinski definition) is 2. The van der Waals surface area contributed by atoms with Crippen molar-refractivity contribution in [3.63, 3.8) is 0 Å². The number of aryl methyl sites for hydroxylation is 1. The normalized spacial score (nSPS) is 17.3. The zero-order valence-electron chi connectivity index (χ0n) is 8.45. The first-order valence-corrected chi connectivity index (χ1v) is 5.12. The summed E-state index contributed by atoms with van der Waals surface area (Å²) < 4.78 is 0. The van der Waals surface area contributed by atoms with Gasteiger partial charge >= 0.3 is 0 Å². The highest BCUT2D eigenvalue weighted by molar-refractivity contribution is 5.34. The van der Waals surface area contributed by atoms with E-state index in [-0.39, 0.29) is 0 Å². The van der Waals surface area contributed by atoms with Crippen molar-refractivity contribution >= 4 is 5.82 Å². The number of hydrogen-bond acceptors (Lipinski definition) is 4. The summed E-state index contributed by atoms with van der Waals surface area (Å²) in [6.07, 6.45) is 5.03. The molecule has 1 aromatic heterocycles. The second-order valence-corrected chi connectivity index (χ2v) is 3.88. The lowest BCUT2D eigenvalue weighted by Crippen LogP contribution is -2.12. The summed E-state index contributed by atoms with van der Waals surface area (Å²) in [4.78, 5) is 8.84. The molecule has 0 atom stereocenters. The molecule has 1 aliphatic carbocycles. The number of rotatable bonds is 2. The van der Waals surface area contributed by atoms with E-state index in [9.17, 15) is 0 Å². The minimum atomic E-state index is 0.544. The largest absolute Gasteiger partial charge is 0.308 e. The zero-order valence-corrected chi connectivity index (χ0v) is 8.45. The Labute approximate surface area is 83.9 Å². The van der Waals surface area contributed by atoms with Gasteiger partial charge in [0, 0.05) is 17.7 Å². The van der Waals surface area contributed by atoms with Crippen molar-refractivity contribution < 1.29 is 0 Å². The van der Waals surface area contributed by atoms with Crippen LogP contribution in [0.1, 0.15) is 43.1 Å². The predicted molar refractivity (Wildman–Crippen MR) is 55.8 cm³/mol. The lowest BCUT2D eigenvalue weighted by Gasteiger charge is -2.09. The molecule has 1 aromatic rings. The third-order valence-corrected chi connectivity index (χ3v) is 2.74. The highest BCUT2D eigenvalue weighted by atomic mass is 15.3. The Morgan fingerprint density at radius 3 is 2.71 bits per heavy atom. The van der Waals surface area contributed by atoms with Crippen molar-refractivity contribution in [2.45, 2.75) is 38.5 Å². The molecule has 0 amide bonds. The average Bonchev–Trinajstić information content (AvgIpc) is 2.69. The van der Waals surface area contributed by atoms with Crippen LogP contribution in [0.5, 0.6) is 0 Å². The van der Waals surface area contributed by atoms with Crippen LogP contribution in [0.2, 0.25) is 0 Å². The monoisotopic (exact) mass is 192 g/mol. The fourth-order valence-electron chi connectivity index (χ4n) is 2.03. The Hall–Kier alpha value is -1.16. The molecule has 2 rings (SSSR count). The van der Waals surface area contributed by atoms with Gasteiger partial charge in [-0.25, -0.2) is 15.8 Å². The number of nitrogens with zero attached hydrogens (tertiary/aromatic N) is 2. The maximum absolute atomic E-state index is 5.35. The molecule has 0 aliphatic heterocycles. The van der Waals surface area contributed by atoms with Gasteiger partial charge < -0.3 is 5.43 Å². The van der Waals surface area contributed by atoms with Gasteiger partial charge in [-0.2, -0.15) is 0 Å². The number of nitrogen functional groups attached to an aromatic ring is 1. The molecule has 1 fully saturated rings. The van der Waals surface area contributed by atoms with E-state index in [1.807, 2.05) is 13.0 Å². The van der Waals surface area contributed by atoms with E-state index < -0.39 is 0 Å². The van der Waals surface area contributed by atoms with Gasteiger partial charge in [-0.1, -0.05) is 12.8 Å². The van der Waals surface area contributed by atoms with Crippen LogP contribution in [0.15, 0.2) is 6.07 Å². The van der Waals surface area contributed by atoms with Crippen molar-refractivity contribution in [1.29, 1.82) is 0 Å². The standard InChI is InChI=1S/C10H16N4/c1-7-6-9(14-11)13-10(12-7)8-4-2-3-5-8/h6,8H,2-5,11H2,1H3,(H,12,13,14). The summed E-state index contributed by atoms with van der Waals surface area (Å²) in [5.41, 5.74) is 3.56. The number of nitrogens with one attached hydrogen (secondary N) is 1. The highest BCUT2D eigenvalue weighted by Crippen LogP contribution is 2.32. The lowest BCUT2D eigenvalue weighted by atomic mass is 10.1. The molecule has 1 aliphatic rings. The Balaban J connectivity index is 2.27. The number of hydrazine groups is 1. The van der Waals surface area contributed by atoms with Gasteiger partial charge in [0.1, 0.15) is 11.6 Å². The van der Waals surface area contributed by atoms with E-state index in [1.54, 1.807) is 0 Å². The molecule has 0 saturated heterocycles. The Morgan fingerprint density at radius 2 is 2.07 bits per heavy atom. The second kappa shape index (κ2) is 3.92. The summed E-state index contributed by atoms with van der Waals surface area (Å²) in [7, 11) is 0. The molecule has 4 nitrogen and oxygen atoms in total. The smallest absolute Gasteiger partial charge is 0.143 e. The summed E-state index contributed by atoms with van der Waals surface area (Å²) in [6, 6.07) is 1.86. The van der Waals surface area contributed by atoms with Crippen LogP contribution in [0, 0.1) is 6.92 Å². The van der Waals surface area contributed by atoms with E-state index in [0.29, 0.717) is 5.92 Å².